The van der Waals surface area contributed by atoms with Gasteiger partial charge in [0, 0.05) is 18.2 Å². The van der Waals surface area contributed by atoms with Crippen LogP contribution >= 0.6 is 0 Å². The molecule has 2 rings (SSSR count). The van der Waals surface area contributed by atoms with Gasteiger partial charge in [-0.05, 0) is 55.5 Å². The standard InChI is InChI=1S/C19H17F2NO5/c1-11(17(24)13-5-9-16(10-6-13)27-19(20)21)26-18(25)14-3-7-15(8-4-14)22-12(2)23/h3-11,19H,1-2H3,(H,22,23)/t11-/m1/s1. The lowest BCUT2D eigenvalue weighted by Crippen LogP contribution is -2.24. The number of carbonyl (C=O) groups is 3. The van der Waals surface area contributed by atoms with E-state index in [9.17, 15) is 23.2 Å². The largest absolute Gasteiger partial charge is 0.451 e. The predicted molar refractivity (Wildman–Crippen MR) is 93.0 cm³/mol. The summed E-state index contributed by atoms with van der Waals surface area (Å²) in [5.74, 6) is -1.51. The topological polar surface area (TPSA) is 81.7 Å². The van der Waals surface area contributed by atoms with E-state index in [1.165, 1.54) is 62.4 Å². The van der Waals surface area contributed by atoms with Crippen molar-refractivity contribution in [3.8, 4) is 5.75 Å². The Hall–Kier alpha value is -3.29. The summed E-state index contributed by atoms with van der Waals surface area (Å²) in [4.78, 5) is 35.4. The van der Waals surface area contributed by atoms with Crippen molar-refractivity contribution in [3.05, 3.63) is 59.7 Å². The first-order valence-corrected chi connectivity index (χ1v) is 7.94. The van der Waals surface area contributed by atoms with Gasteiger partial charge in [0.25, 0.3) is 0 Å². The maximum absolute atomic E-state index is 12.3. The molecule has 0 radical (unpaired) electrons. The maximum Gasteiger partial charge on any atom is 0.387 e. The van der Waals surface area contributed by atoms with Gasteiger partial charge in [0.1, 0.15) is 5.75 Å². The molecular formula is C19H17F2NO5. The third-order valence-electron chi connectivity index (χ3n) is 3.46. The highest BCUT2D eigenvalue weighted by Gasteiger charge is 2.20. The minimum Gasteiger partial charge on any atom is -0.451 e. The van der Waals surface area contributed by atoms with Gasteiger partial charge in [0.15, 0.2) is 6.10 Å². The van der Waals surface area contributed by atoms with Crippen molar-refractivity contribution in [2.45, 2.75) is 26.6 Å². The Kier molecular flexibility index (Phi) is 6.59. The molecule has 0 spiro atoms. The summed E-state index contributed by atoms with van der Waals surface area (Å²) in [7, 11) is 0. The first-order chi connectivity index (χ1) is 12.8. The first-order valence-electron chi connectivity index (χ1n) is 7.94. The molecule has 1 amide bonds. The summed E-state index contributed by atoms with van der Waals surface area (Å²) in [6, 6.07) is 11.1. The summed E-state index contributed by atoms with van der Waals surface area (Å²) in [5, 5.41) is 2.57. The molecule has 0 aliphatic carbocycles. The number of anilines is 1. The van der Waals surface area contributed by atoms with Crippen LogP contribution in [0.4, 0.5) is 14.5 Å². The molecule has 2 aromatic rings. The van der Waals surface area contributed by atoms with E-state index in [1.54, 1.807) is 0 Å². The quantitative estimate of drug-likeness (QED) is 0.588. The van der Waals surface area contributed by atoms with Crippen LogP contribution in [0.25, 0.3) is 0 Å². The van der Waals surface area contributed by atoms with Gasteiger partial charge in [0.05, 0.1) is 5.56 Å². The molecule has 0 heterocycles. The van der Waals surface area contributed by atoms with Gasteiger partial charge in [-0.25, -0.2) is 4.79 Å². The van der Waals surface area contributed by atoms with Crippen LogP contribution in [0.15, 0.2) is 48.5 Å². The minimum atomic E-state index is -2.96. The normalized spacial score (nSPS) is 11.6. The van der Waals surface area contributed by atoms with Gasteiger partial charge in [-0.15, -0.1) is 0 Å². The number of carbonyl (C=O) groups excluding carboxylic acids is 3. The van der Waals surface area contributed by atoms with E-state index in [0.29, 0.717) is 5.69 Å². The molecular weight excluding hydrogens is 360 g/mol. The van der Waals surface area contributed by atoms with E-state index >= 15 is 0 Å². The molecule has 27 heavy (non-hydrogen) atoms. The van der Waals surface area contributed by atoms with Crippen molar-refractivity contribution in [1.29, 1.82) is 0 Å². The highest BCUT2D eigenvalue weighted by Crippen LogP contribution is 2.17. The van der Waals surface area contributed by atoms with Crippen LogP contribution in [0.3, 0.4) is 0 Å². The number of benzene rings is 2. The highest BCUT2D eigenvalue weighted by atomic mass is 19.3. The molecule has 0 unspecified atom stereocenters. The van der Waals surface area contributed by atoms with Crippen LogP contribution in [0.2, 0.25) is 0 Å². The number of rotatable bonds is 7. The zero-order valence-electron chi connectivity index (χ0n) is 14.6. The molecule has 0 aliphatic heterocycles. The Morgan fingerprint density at radius 1 is 0.926 bits per heavy atom. The predicted octanol–water partition coefficient (Wildman–Crippen LogP) is 3.67. The van der Waals surface area contributed by atoms with Gasteiger partial charge in [-0.2, -0.15) is 8.78 Å². The molecule has 6 nitrogen and oxygen atoms in total. The van der Waals surface area contributed by atoms with Crippen molar-refractivity contribution in [1.82, 2.24) is 0 Å². The van der Waals surface area contributed by atoms with Crippen molar-refractivity contribution in [2.24, 2.45) is 0 Å². The fourth-order valence-electron chi connectivity index (χ4n) is 2.21. The number of esters is 1. The number of ketones is 1. The molecule has 1 atom stereocenters. The lowest BCUT2D eigenvalue weighted by molar-refractivity contribution is -0.114. The van der Waals surface area contributed by atoms with Crippen molar-refractivity contribution >= 4 is 23.3 Å². The van der Waals surface area contributed by atoms with Gasteiger partial charge in [0.2, 0.25) is 11.7 Å². The van der Waals surface area contributed by atoms with E-state index in [1.807, 2.05) is 0 Å². The van der Waals surface area contributed by atoms with Gasteiger partial charge < -0.3 is 14.8 Å². The number of alkyl halides is 2. The molecule has 2 aromatic carbocycles. The Bertz CT molecular complexity index is 819. The van der Waals surface area contributed by atoms with Gasteiger partial charge in [-0.3, -0.25) is 9.59 Å². The van der Waals surface area contributed by atoms with Crippen LogP contribution < -0.4 is 10.1 Å². The smallest absolute Gasteiger partial charge is 0.387 e. The molecule has 142 valence electrons. The number of ether oxygens (including phenoxy) is 2. The summed E-state index contributed by atoms with van der Waals surface area (Å²) >= 11 is 0. The summed E-state index contributed by atoms with van der Waals surface area (Å²) in [6.07, 6.45) is -1.07. The number of halogens is 2. The highest BCUT2D eigenvalue weighted by molar-refractivity contribution is 6.01. The number of Topliss-reactive ketones (excluding diaryl/α,β-unsaturated/α-hetero) is 1. The monoisotopic (exact) mass is 377 g/mol. The van der Waals surface area contributed by atoms with E-state index in [4.69, 9.17) is 4.74 Å². The number of nitrogens with one attached hydrogen (secondary N) is 1. The van der Waals surface area contributed by atoms with Crippen LogP contribution in [-0.2, 0) is 9.53 Å². The van der Waals surface area contributed by atoms with Gasteiger partial charge in [-0.1, -0.05) is 0 Å². The first kappa shape index (κ1) is 20.0. The zero-order valence-corrected chi connectivity index (χ0v) is 14.6. The van der Waals surface area contributed by atoms with Crippen molar-refractivity contribution in [3.63, 3.8) is 0 Å². The Morgan fingerprint density at radius 3 is 2.00 bits per heavy atom. The minimum absolute atomic E-state index is 0.0783. The van der Waals surface area contributed by atoms with E-state index in [0.717, 1.165) is 0 Å². The molecule has 0 saturated carbocycles. The summed E-state index contributed by atoms with van der Waals surface area (Å²) in [5.41, 5.74) is 0.927. The maximum atomic E-state index is 12.3. The lowest BCUT2D eigenvalue weighted by atomic mass is 10.1. The average molecular weight is 377 g/mol. The second-order valence-electron chi connectivity index (χ2n) is 5.57. The lowest BCUT2D eigenvalue weighted by Gasteiger charge is -2.13. The SMILES string of the molecule is CC(=O)Nc1ccc(C(=O)O[C@H](C)C(=O)c2ccc(OC(F)F)cc2)cc1. The fourth-order valence-corrected chi connectivity index (χ4v) is 2.21. The summed E-state index contributed by atoms with van der Waals surface area (Å²) < 4.78 is 33.6. The number of amides is 1. The van der Waals surface area contributed by atoms with Crippen LogP contribution in [0, 0.1) is 0 Å². The third kappa shape index (κ3) is 5.88. The average Bonchev–Trinajstić information content (AvgIpc) is 2.61. The number of hydrogen-bond acceptors (Lipinski definition) is 5. The third-order valence-corrected chi connectivity index (χ3v) is 3.46. The zero-order chi connectivity index (χ0) is 20.0. The van der Waals surface area contributed by atoms with Crippen LogP contribution in [-0.4, -0.2) is 30.4 Å². The second kappa shape index (κ2) is 8.88. The fraction of sp³-hybridized carbons (Fsp3) is 0.211. The van der Waals surface area contributed by atoms with E-state index in [-0.39, 0.29) is 22.8 Å². The van der Waals surface area contributed by atoms with E-state index in [2.05, 4.69) is 10.1 Å². The molecule has 1 N–H and O–H groups in total. The van der Waals surface area contributed by atoms with Crippen molar-refractivity contribution < 1.29 is 32.6 Å². The molecule has 0 bridgehead atoms. The van der Waals surface area contributed by atoms with Crippen LogP contribution in [0.1, 0.15) is 34.6 Å². The summed E-state index contributed by atoms with van der Waals surface area (Å²) in [6.45, 7) is -0.180. The van der Waals surface area contributed by atoms with Gasteiger partial charge >= 0.3 is 12.6 Å². The molecule has 8 heteroatoms. The second-order valence-corrected chi connectivity index (χ2v) is 5.57. The van der Waals surface area contributed by atoms with Crippen molar-refractivity contribution in [2.75, 3.05) is 5.32 Å². The molecule has 0 aromatic heterocycles. The molecule has 0 fully saturated rings. The van der Waals surface area contributed by atoms with E-state index < -0.39 is 24.5 Å². The Morgan fingerprint density at radius 2 is 1.48 bits per heavy atom. The molecule has 0 saturated heterocycles. The molecule has 0 aliphatic rings. The Labute approximate surface area is 154 Å². The number of hydrogen-bond donors (Lipinski definition) is 1. The van der Waals surface area contributed by atoms with Crippen LogP contribution in [0.5, 0.6) is 5.75 Å². The Balaban J connectivity index is 1.98.